The van der Waals surface area contributed by atoms with Crippen molar-refractivity contribution in [1.29, 1.82) is 0 Å². The third-order valence-electron chi connectivity index (χ3n) is 2.94. The molecule has 0 aromatic heterocycles. The van der Waals surface area contributed by atoms with Crippen molar-refractivity contribution in [3.05, 3.63) is 0 Å². The van der Waals surface area contributed by atoms with Crippen molar-refractivity contribution in [3.8, 4) is 0 Å². The number of carbonyl (C=O) groups excluding carboxylic acids is 1. The maximum atomic E-state index is 11.7. The highest BCUT2D eigenvalue weighted by molar-refractivity contribution is 5.68. The van der Waals surface area contributed by atoms with Gasteiger partial charge in [0.05, 0.1) is 0 Å². The molecule has 1 atom stereocenters. The minimum absolute atomic E-state index is 0.0935. The Bertz CT molecular complexity index is 329. The van der Waals surface area contributed by atoms with Crippen molar-refractivity contribution in [1.82, 2.24) is 16.0 Å². The van der Waals surface area contributed by atoms with E-state index in [4.69, 9.17) is 9.84 Å². The number of hydrogen-bond donors (Lipinski definition) is 4. The van der Waals surface area contributed by atoms with Gasteiger partial charge in [-0.2, -0.15) is 0 Å². The zero-order chi connectivity index (χ0) is 17.0. The van der Waals surface area contributed by atoms with Gasteiger partial charge >= 0.3 is 12.2 Å². The summed E-state index contributed by atoms with van der Waals surface area (Å²) in [5.74, 6) is 0. The molecule has 0 saturated carbocycles. The molecule has 7 nitrogen and oxygen atoms in total. The molecule has 22 heavy (non-hydrogen) atoms. The molecule has 2 amide bonds. The molecule has 0 aromatic rings. The van der Waals surface area contributed by atoms with E-state index in [0.29, 0.717) is 6.54 Å². The smallest absolute Gasteiger partial charge is 0.407 e. The molecule has 0 radical (unpaired) electrons. The van der Waals surface area contributed by atoms with Crippen molar-refractivity contribution < 1.29 is 19.4 Å². The zero-order valence-corrected chi connectivity index (χ0v) is 14.2. The van der Waals surface area contributed by atoms with Crippen LogP contribution in [0.5, 0.6) is 0 Å². The lowest BCUT2D eigenvalue weighted by molar-refractivity contribution is 0.0500. The molecular weight excluding hydrogens is 286 g/mol. The van der Waals surface area contributed by atoms with Crippen LogP contribution >= 0.6 is 0 Å². The molecule has 0 heterocycles. The Morgan fingerprint density at radius 1 is 1.14 bits per heavy atom. The number of amides is 2. The molecular formula is C15H31N3O4. The second kappa shape index (κ2) is 11.1. The molecule has 0 fully saturated rings. The summed E-state index contributed by atoms with van der Waals surface area (Å²) in [6.07, 6.45) is 2.06. The summed E-state index contributed by atoms with van der Waals surface area (Å²) >= 11 is 0. The average Bonchev–Trinajstić information content (AvgIpc) is 2.37. The fourth-order valence-electron chi connectivity index (χ4n) is 1.82. The van der Waals surface area contributed by atoms with Crippen molar-refractivity contribution in [2.75, 3.05) is 19.6 Å². The molecule has 0 saturated heterocycles. The fourth-order valence-corrected chi connectivity index (χ4v) is 1.82. The van der Waals surface area contributed by atoms with Crippen LogP contribution in [0.4, 0.5) is 9.59 Å². The predicted octanol–water partition coefficient (Wildman–Crippen LogP) is 2.32. The van der Waals surface area contributed by atoms with Gasteiger partial charge in [0.15, 0.2) is 0 Å². The van der Waals surface area contributed by atoms with Gasteiger partial charge in [-0.1, -0.05) is 6.92 Å². The van der Waals surface area contributed by atoms with Gasteiger partial charge in [0.2, 0.25) is 0 Å². The van der Waals surface area contributed by atoms with Crippen LogP contribution in [0, 0.1) is 0 Å². The first-order valence-electron chi connectivity index (χ1n) is 7.91. The van der Waals surface area contributed by atoms with Gasteiger partial charge < -0.3 is 25.8 Å². The SMILES string of the molecule is CCC(CCNCCCCNC(=O)O)NC(=O)OC(C)(C)C. The molecule has 0 bridgehead atoms. The Kier molecular flexibility index (Phi) is 10.4. The van der Waals surface area contributed by atoms with Gasteiger partial charge in [-0.05, 0) is 59.5 Å². The lowest BCUT2D eigenvalue weighted by atomic mass is 10.1. The molecule has 7 heteroatoms. The quantitative estimate of drug-likeness (QED) is 0.463. The van der Waals surface area contributed by atoms with E-state index in [2.05, 4.69) is 16.0 Å². The van der Waals surface area contributed by atoms with Crippen LogP contribution in [-0.2, 0) is 4.74 Å². The summed E-state index contributed by atoms with van der Waals surface area (Å²) in [4.78, 5) is 21.9. The van der Waals surface area contributed by atoms with Gasteiger partial charge in [0.1, 0.15) is 5.60 Å². The van der Waals surface area contributed by atoms with E-state index in [1.54, 1.807) is 0 Å². The van der Waals surface area contributed by atoms with Crippen molar-refractivity contribution in [3.63, 3.8) is 0 Å². The number of nitrogens with one attached hydrogen (secondary N) is 3. The van der Waals surface area contributed by atoms with E-state index in [1.165, 1.54) is 0 Å². The Morgan fingerprint density at radius 3 is 2.32 bits per heavy atom. The van der Waals surface area contributed by atoms with Gasteiger partial charge in [0.25, 0.3) is 0 Å². The zero-order valence-electron chi connectivity index (χ0n) is 14.2. The van der Waals surface area contributed by atoms with Crippen LogP contribution in [0.2, 0.25) is 0 Å². The average molecular weight is 317 g/mol. The van der Waals surface area contributed by atoms with Gasteiger partial charge in [-0.3, -0.25) is 0 Å². The van der Waals surface area contributed by atoms with Crippen LogP contribution < -0.4 is 16.0 Å². The number of rotatable bonds is 10. The first-order valence-corrected chi connectivity index (χ1v) is 7.91. The van der Waals surface area contributed by atoms with Crippen LogP contribution in [0.25, 0.3) is 0 Å². The molecule has 4 N–H and O–H groups in total. The number of carboxylic acid groups (broad SMARTS) is 1. The van der Waals surface area contributed by atoms with Gasteiger partial charge in [-0.15, -0.1) is 0 Å². The van der Waals surface area contributed by atoms with Crippen LogP contribution in [0.3, 0.4) is 0 Å². The van der Waals surface area contributed by atoms with Gasteiger partial charge in [-0.25, -0.2) is 9.59 Å². The first-order chi connectivity index (χ1) is 10.2. The fraction of sp³-hybridized carbons (Fsp3) is 0.867. The number of alkyl carbamates (subject to hydrolysis) is 1. The number of unbranched alkanes of at least 4 members (excludes halogenated alkanes) is 1. The third-order valence-corrected chi connectivity index (χ3v) is 2.94. The second-order valence-corrected chi connectivity index (χ2v) is 6.23. The minimum atomic E-state index is -0.980. The summed E-state index contributed by atoms with van der Waals surface area (Å²) in [7, 11) is 0. The topological polar surface area (TPSA) is 99.7 Å². The number of ether oxygens (including phenoxy) is 1. The molecule has 1 unspecified atom stereocenters. The molecule has 0 aliphatic heterocycles. The maximum Gasteiger partial charge on any atom is 0.407 e. The highest BCUT2D eigenvalue weighted by Gasteiger charge is 2.18. The van der Waals surface area contributed by atoms with Gasteiger partial charge in [0, 0.05) is 12.6 Å². The number of hydrogen-bond acceptors (Lipinski definition) is 4. The third kappa shape index (κ3) is 13.5. The Hall–Kier alpha value is -1.50. The molecule has 0 aliphatic rings. The molecule has 0 spiro atoms. The van der Waals surface area contributed by atoms with Crippen LogP contribution in [-0.4, -0.2) is 48.6 Å². The summed E-state index contributed by atoms with van der Waals surface area (Å²) < 4.78 is 5.24. The van der Waals surface area contributed by atoms with Crippen molar-refractivity contribution in [2.24, 2.45) is 0 Å². The molecule has 130 valence electrons. The van der Waals surface area contributed by atoms with E-state index >= 15 is 0 Å². The largest absolute Gasteiger partial charge is 0.465 e. The highest BCUT2D eigenvalue weighted by Crippen LogP contribution is 2.07. The van der Waals surface area contributed by atoms with Crippen molar-refractivity contribution >= 4 is 12.2 Å². The first kappa shape index (κ1) is 20.5. The van der Waals surface area contributed by atoms with Crippen LogP contribution in [0.15, 0.2) is 0 Å². The molecule has 0 aliphatic carbocycles. The normalized spacial score (nSPS) is 12.5. The Morgan fingerprint density at radius 2 is 1.77 bits per heavy atom. The summed E-state index contributed by atoms with van der Waals surface area (Å²) in [6, 6.07) is 0.0935. The van der Waals surface area contributed by atoms with E-state index in [1.807, 2.05) is 27.7 Å². The monoisotopic (exact) mass is 317 g/mol. The maximum absolute atomic E-state index is 11.7. The molecule has 0 aromatic carbocycles. The molecule has 0 rings (SSSR count). The number of carbonyl (C=O) groups is 2. The van der Waals surface area contributed by atoms with Crippen molar-refractivity contribution in [2.45, 2.75) is 65.0 Å². The lowest BCUT2D eigenvalue weighted by Gasteiger charge is -2.23. The highest BCUT2D eigenvalue weighted by atomic mass is 16.6. The summed E-state index contributed by atoms with van der Waals surface area (Å²) in [6.45, 7) is 9.68. The second-order valence-electron chi connectivity index (χ2n) is 6.23. The van der Waals surface area contributed by atoms with E-state index in [-0.39, 0.29) is 12.1 Å². The van der Waals surface area contributed by atoms with E-state index in [0.717, 1.165) is 38.8 Å². The minimum Gasteiger partial charge on any atom is -0.465 e. The van der Waals surface area contributed by atoms with E-state index in [9.17, 15) is 9.59 Å². The van der Waals surface area contributed by atoms with E-state index < -0.39 is 11.7 Å². The Labute approximate surface area is 133 Å². The summed E-state index contributed by atoms with van der Waals surface area (Å²) in [5, 5.41) is 16.9. The Balaban J connectivity index is 3.65. The van der Waals surface area contributed by atoms with Crippen LogP contribution in [0.1, 0.15) is 53.4 Å². The predicted molar refractivity (Wildman–Crippen MR) is 86.2 cm³/mol. The lowest BCUT2D eigenvalue weighted by Crippen LogP contribution is -2.40. The summed E-state index contributed by atoms with van der Waals surface area (Å²) in [5.41, 5.74) is -0.482. The standard InChI is InChI=1S/C15H31N3O4/c1-5-12(18-14(21)22-15(2,3)4)8-11-16-9-6-7-10-17-13(19)20/h12,16-17H,5-11H2,1-4H3,(H,18,21)(H,19,20).